The summed E-state index contributed by atoms with van der Waals surface area (Å²) in [5.74, 6) is 0. The van der Waals surface area contributed by atoms with Crippen LogP contribution in [0.3, 0.4) is 0 Å². The average Bonchev–Trinajstić information content (AvgIpc) is 1.54. The van der Waals surface area contributed by atoms with Gasteiger partial charge in [-0.05, 0) is 6.92 Å². The van der Waals surface area contributed by atoms with Crippen molar-refractivity contribution in [1.29, 1.82) is 0 Å². The van der Waals surface area contributed by atoms with E-state index < -0.39 is 5.67 Å². The molecule has 58 valence electrons. The fraction of sp³-hybridized carbons (Fsp3) is 1.00. The molecule has 0 aliphatic carbocycles. The molecule has 0 radical (unpaired) electrons. The van der Waals surface area contributed by atoms with Gasteiger partial charge in [-0.3, -0.25) is 4.90 Å². The zero-order valence-corrected chi connectivity index (χ0v) is 6.14. The summed E-state index contributed by atoms with van der Waals surface area (Å²) in [4.78, 5) is 2.14. The minimum absolute atomic E-state index is 0.517. The van der Waals surface area contributed by atoms with E-state index in [1.165, 1.54) is 0 Å². The maximum Gasteiger partial charge on any atom is 0.133 e. The molecule has 0 unspecified atom stereocenters. The number of hydrogen-bond acceptors (Lipinski definition) is 2. The smallest absolute Gasteiger partial charge is 0.133 e. The molecule has 0 aromatic heterocycles. The van der Waals surface area contributed by atoms with Crippen LogP contribution in [0.1, 0.15) is 6.92 Å². The average molecular weight is 145 g/mol. The number of alkyl halides is 1. The van der Waals surface area contributed by atoms with E-state index >= 15 is 0 Å². The molecule has 0 spiro atoms. The van der Waals surface area contributed by atoms with Crippen molar-refractivity contribution < 1.29 is 9.13 Å². The van der Waals surface area contributed by atoms with Gasteiger partial charge in [-0.1, -0.05) is 0 Å². The highest BCUT2D eigenvalue weighted by molar-refractivity contribution is 4.96. The predicted octanol–water partition coefficient (Wildman–Crippen LogP) is 0.429. The fourth-order valence-corrected chi connectivity index (χ4v) is 1.49. The summed E-state index contributed by atoms with van der Waals surface area (Å²) >= 11 is 0. The molecule has 0 aromatic carbocycles. The summed E-state index contributed by atoms with van der Waals surface area (Å²) in [6, 6.07) is 0.517. The molecule has 0 amide bonds. The third-order valence-electron chi connectivity index (χ3n) is 2.20. The molecule has 2 rings (SSSR count). The highest BCUT2D eigenvalue weighted by Crippen LogP contribution is 2.28. The van der Waals surface area contributed by atoms with Crippen molar-refractivity contribution in [2.75, 3.05) is 26.3 Å². The van der Waals surface area contributed by atoms with E-state index in [1.54, 1.807) is 6.92 Å². The van der Waals surface area contributed by atoms with Crippen LogP contribution in [0, 0.1) is 0 Å². The topological polar surface area (TPSA) is 12.5 Å². The summed E-state index contributed by atoms with van der Waals surface area (Å²) in [6.45, 7) is 4.46. The Bertz CT molecular complexity index is 137. The highest BCUT2D eigenvalue weighted by atomic mass is 19.1. The largest absolute Gasteiger partial charge is 0.378 e. The van der Waals surface area contributed by atoms with Gasteiger partial charge in [0.25, 0.3) is 0 Å². The third-order valence-corrected chi connectivity index (χ3v) is 2.20. The zero-order valence-electron chi connectivity index (χ0n) is 6.14. The van der Waals surface area contributed by atoms with E-state index in [0.717, 1.165) is 13.2 Å². The number of hydrogen-bond donors (Lipinski definition) is 0. The van der Waals surface area contributed by atoms with Crippen molar-refractivity contribution in [1.82, 2.24) is 4.90 Å². The van der Waals surface area contributed by atoms with E-state index in [9.17, 15) is 4.39 Å². The standard InChI is InChI=1S/C7H12FNO/c1-7(8)4-9(5-7)6-2-10-3-6/h6H,2-5H2,1H3. The molecule has 10 heavy (non-hydrogen) atoms. The zero-order chi connectivity index (χ0) is 7.19. The van der Waals surface area contributed by atoms with Gasteiger partial charge >= 0.3 is 0 Å². The fourth-order valence-electron chi connectivity index (χ4n) is 1.49. The molecule has 2 fully saturated rings. The van der Waals surface area contributed by atoms with Gasteiger partial charge in [0.2, 0.25) is 0 Å². The Balaban J connectivity index is 1.79. The van der Waals surface area contributed by atoms with E-state index in [0.29, 0.717) is 19.1 Å². The molecule has 2 saturated heterocycles. The van der Waals surface area contributed by atoms with Gasteiger partial charge in [-0.2, -0.15) is 0 Å². The van der Waals surface area contributed by atoms with Gasteiger partial charge in [-0.25, -0.2) is 4.39 Å². The van der Waals surface area contributed by atoms with Gasteiger partial charge in [0.1, 0.15) is 5.67 Å². The van der Waals surface area contributed by atoms with E-state index in [1.807, 2.05) is 0 Å². The molecule has 2 aliphatic rings. The first-order chi connectivity index (χ1) is 4.67. The summed E-state index contributed by atoms with van der Waals surface area (Å²) < 4.78 is 17.9. The molecule has 0 bridgehead atoms. The lowest BCUT2D eigenvalue weighted by molar-refractivity contribution is -0.132. The van der Waals surface area contributed by atoms with Crippen LogP contribution in [0.2, 0.25) is 0 Å². The van der Waals surface area contributed by atoms with Gasteiger partial charge in [0.15, 0.2) is 0 Å². The minimum Gasteiger partial charge on any atom is -0.378 e. The van der Waals surface area contributed by atoms with Crippen LogP contribution in [-0.2, 0) is 4.74 Å². The van der Waals surface area contributed by atoms with Crippen molar-refractivity contribution in [3.63, 3.8) is 0 Å². The highest BCUT2D eigenvalue weighted by Gasteiger charge is 2.43. The number of rotatable bonds is 1. The third kappa shape index (κ3) is 0.935. The molecule has 0 saturated carbocycles. The van der Waals surface area contributed by atoms with Crippen molar-refractivity contribution >= 4 is 0 Å². The monoisotopic (exact) mass is 145 g/mol. The first-order valence-corrected chi connectivity index (χ1v) is 3.68. The van der Waals surface area contributed by atoms with Crippen molar-refractivity contribution in [3.05, 3.63) is 0 Å². The molecule has 2 nitrogen and oxygen atoms in total. The Kier molecular flexibility index (Phi) is 1.26. The predicted molar refractivity (Wildman–Crippen MR) is 35.7 cm³/mol. The van der Waals surface area contributed by atoms with Crippen LogP contribution in [0.25, 0.3) is 0 Å². The molecule has 2 aliphatic heterocycles. The van der Waals surface area contributed by atoms with Crippen LogP contribution in [-0.4, -0.2) is 42.9 Å². The molecule has 0 atom stereocenters. The Labute approximate surface area is 60.0 Å². The molecular weight excluding hydrogens is 133 g/mol. The number of ether oxygens (including phenoxy) is 1. The first kappa shape index (κ1) is 6.55. The van der Waals surface area contributed by atoms with Crippen molar-refractivity contribution in [2.24, 2.45) is 0 Å². The quantitative estimate of drug-likeness (QED) is 0.530. The lowest BCUT2D eigenvalue weighted by Crippen LogP contribution is -2.65. The van der Waals surface area contributed by atoms with Gasteiger partial charge in [0.05, 0.1) is 19.3 Å². The summed E-state index contributed by atoms with van der Waals surface area (Å²) in [6.07, 6.45) is 0. The number of halogens is 1. The van der Waals surface area contributed by atoms with Gasteiger partial charge < -0.3 is 4.74 Å². The van der Waals surface area contributed by atoms with Crippen molar-refractivity contribution in [3.8, 4) is 0 Å². The normalized spacial score (nSPS) is 33.0. The van der Waals surface area contributed by atoms with Crippen LogP contribution in [0.5, 0.6) is 0 Å². The molecule has 3 heteroatoms. The maximum atomic E-state index is 12.9. The second-order valence-corrected chi connectivity index (χ2v) is 3.51. The Morgan fingerprint density at radius 1 is 1.50 bits per heavy atom. The minimum atomic E-state index is -0.921. The number of nitrogens with zero attached hydrogens (tertiary/aromatic N) is 1. The van der Waals surface area contributed by atoms with Crippen molar-refractivity contribution in [2.45, 2.75) is 18.6 Å². The van der Waals surface area contributed by atoms with Crippen LogP contribution in [0.4, 0.5) is 4.39 Å². The lowest BCUT2D eigenvalue weighted by atomic mass is 9.96. The van der Waals surface area contributed by atoms with Crippen LogP contribution < -0.4 is 0 Å². The Morgan fingerprint density at radius 3 is 2.40 bits per heavy atom. The Hall–Kier alpha value is -0.150. The van der Waals surface area contributed by atoms with E-state index in [-0.39, 0.29) is 0 Å². The molecule has 0 N–H and O–H groups in total. The SMILES string of the molecule is CC1(F)CN(C2COC2)C1. The summed E-state index contributed by atoms with van der Waals surface area (Å²) in [5, 5.41) is 0. The summed E-state index contributed by atoms with van der Waals surface area (Å²) in [5.41, 5.74) is -0.921. The maximum absolute atomic E-state index is 12.9. The van der Waals surface area contributed by atoms with Crippen LogP contribution >= 0.6 is 0 Å². The van der Waals surface area contributed by atoms with Gasteiger partial charge in [-0.15, -0.1) is 0 Å². The molecule has 0 aromatic rings. The molecular formula is C7H12FNO. The molecule has 2 heterocycles. The second kappa shape index (κ2) is 1.92. The summed E-state index contributed by atoms with van der Waals surface area (Å²) in [7, 11) is 0. The first-order valence-electron chi connectivity index (χ1n) is 3.68. The van der Waals surface area contributed by atoms with Crippen LogP contribution in [0.15, 0.2) is 0 Å². The van der Waals surface area contributed by atoms with Gasteiger partial charge in [0, 0.05) is 13.1 Å². The van der Waals surface area contributed by atoms with E-state index in [4.69, 9.17) is 4.74 Å². The lowest BCUT2D eigenvalue weighted by Gasteiger charge is -2.49. The Morgan fingerprint density at radius 2 is 2.10 bits per heavy atom. The second-order valence-electron chi connectivity index (χ2n) is 3.51. The van der Waals surface area contributed by atoms with E-state index in [2.05, 4.69) is 4.90 Å². The number of likely N-dealkylation sites (tertiary alicyclic amines) is 1.